The van der Waals surface area contributed by atoms with E-state index in [2.05, 4.69) is 26.1 Å². The molecule has 0 amide bonds. The fourth-order valence-corrected chi connectivity index (χ4v) is 2.93. The smallest absolute Gasteiger partial charge is 0.163 e. The number of rotatable bonds is 2. The van der Waals surface area contributed by atoms with Crippen molar-refractivity contribution in [3.63, 3.8) is 0 Å². The molecule has 4 rings (SSSR count). The minimum atomic E-state index is 0.355. The predicted molar refractivity (Wildman–Crippen MR) is 93.3 cm³/mol. The maximum atomic E-state index is 9.59. The van der Waals surface area contributed by atoms with Gasteiger partial charge < -0.3 is 4.74 Å². The molecule has 0 spiro atoms. The Labute approximate surface area is 147 Å². The molecule has 0 unspecified atom stereocenters. The fourth-order valence-electron chi connectivity index (χ4n) is 2.78. The maximum absolute atomic E-state index is 9.59. The molecule has 1 aromatic carbocycles. The van der Waals surface area contributed by atoms with Crippen molar-refractivity contribution >= 4 is 33.5 Å². The van der Waals surface area contributed by atoms with Crippen molar-refractivity contribution in [2.45, 2.75) is 0 Å². The highest BCUT2D eigenvalue weighted by molar-refractivity contribution is 6.29. The van der Waals surface area contributed by atoms with Gasteiger partial charge in [-0.15, -0.1) is 0 Å². The number of methoxy groups -OCH3 is 1. The van der Waals surface area contributed by atoms with Gasteiger partial charge in [-0.25, -0.2) is 15.0 Å². The van der Waals surface area contributed by atoms with Crippen molar-refractivity contribution in [2.24, 2.45) is 7.05 Å². The van der Waals surface area contributed by atoms with Crippen LogP contribution in [0.1, 0.15) is 5.56 Å². The Kier molecular flexibility index (Phi) is 3.48. The van der Waals surface area contributed by atoms with Gasteiger partial charge in [0, 0.05) is 18.6 Å². The first-order valence-corrected chi connectivity index (χ1v) is 7.72. The molecule has 0 radical (unpaired) electrons. The van der Waals surface area contributed by atoms with Gasteiger partial charge in [-0.1, -0.05) is 11.6 Å². The van der Waals surface area contributed by atoms with Crippen LogP contribution >= 0.6 is 11.6 Å². The molecular weight excluding hydrogens is 340 g/mol. The van der Waals surface area contributed by atoms with Gasteiger partial charge in [0.15, 0.2) is 5.82 Å². The van der Waals surface area contributed by atoms with E-state index in [9.17, 15) is 5.26 Å². The van der Waals surface area contributed by atoms with Gasteiger partial charge in [-0.05, 0) is 18.2 Å². The lowest BCUT2D eigenvalue weighted by atomic mass is 10.0. The molecule has 0 fully saturated rings. The summed E-state index contributed by atoms with van der Waals surface area (Å²) in [5.74, 6) is 0.839. The third-order valence-electron chi connectivity index (χ3n) is 3.83. The maximum Gasteiger partial charge on any atom is 0.163 e. The molecule has 0 saturated heterocycles. The lowest BCUT2D eigenvalue weighted by Gasteiger charge is -2.10. The van der Waals surface area contributed by atoms with Crippen LogP contribution in [0.3, 0.4) is 0 Å². The van der Waals surface area contributed by atoms with Crippen LogP contribution < -0.4 is 4.74 Å². The summed E-state index contributed by atoms with van der Waals surface area (Å²) in [6, 6.07) is 7.48. The molecule has 8 heteroatoms. The van der Waals surface area contributed by atoms with Crippen molar-refractivity contribution in [1.29, 1.82) is 5.26 Å². The third-order valence-corrected chi connectivity index (χ3v) is 4.04. The van der Waals surface area contributed by atoms with Gasteiger partial charge in [0.1, 0.15) is 33.6 Å². The van der Waals surface area contributed by atoms with Gasteiger partial charge in [0.05, 0.1) is 24.4 Å². The van der Waals surface area contributed by atoms with Gasteiger partial charge in [0.25, 0.3) is 0 Å². The summed E-state index contributed by atoms with van der Waals surface area (Å²) in [5, 5.41) is 15.1. The molecule has 0 N–H and O–H groups in total. The number of aromatic nitrogens is 5. The van der Waals surface area contributed by atoms with Crippen molar-refractivity contribution < 1.29 is 4.74 Å². The van der Waals surface area contributed by atoms with Crippen LogP contribution in [0.4, 0.5) is 0 Å². The topological polar surface area (TPSA) is 89.5 Å². The largest absolute Gasteiger partial charge is 0.495 e. The summed E-state index contributed by atoms with van der Waals surface area (Å²) in [4.78, 5) is 13.1. The summed E-state index contributed by atoms with van der Waals surface area (Å²) in [5.41, 5.74) is 2.81. The average Bonchev–Trinajstić information content (AvgIpc) is 2.99. The Balaban J connectivity index is 2.03. The van der Waals surface area contributed by atoms with Crippen LogP contribution in [0.5, 0.6) is 5.75 Å². The van der Waals surface area contributed by atoms with Gasteiger partial charge >= 0.3 is 0 Å². The monoisotopic (exact) mass is 350 g/mol. The Morgan fingerprint density at radius 1 is 1.24 bits per heavy atom. The molecule has 25 heavy (non-hydrogen) atoms. The number of halogens is 1. The minimum Gasteiger partial charge on any atom is -0.495 e. The highest BCUT2D eigenvalue weighted by atomic mass is 35.5. The van der Waals surface area contributed by atoms with E-state index in [0.29, 0.717) is 44.4 Å². The first-order valence-electron chi connectivity index (χ1n) is 7.35. The number of pyridine rings is 1. The second-order valence-corrected chi connectivity index (χ2v) is 5.80. The number of hydrogen-bond donors (Lipinski definition) is 0. The molecular formula is C17H11ClN6O. The van der Waals surface area contributed by atoms with E-state index < -0.39 is 0 Å². The van der Waals surface area contributed by atoms with Crippen LogP contribution in [-0.2, 0) is 7.05 Å². The molecule has 0 aliphatic rings. The number of aryl methyl sites for hydroxylation is 1. The third kappa shape index (κ3) is 2.44. The Morgan fingerprint density at radius 2 is 2.08 bits per heavy atom. The number of nitriles is 1. The zero-order valence-electron chi connectivity index (χ0n) is 13.4. The lowest BCUT2D eigenvalue weighted by Crippen LogP contribution is -1.98. The van der Waals surface area contributed by atoms with Crippen LogP contribution in [0, 0.1) is 11.3 Å². The number of nitrogens with zero attached hydrogens (tertiary/aromatic N) is 6. The Bertz CT molecular complexity index is 1180. The van der Waals surface area contributed by atoms with Crippen LogP contribution in [0.2, 0.25) is 5.15 Å². The van der Waals surface area contributed by atoms with Crippen LogP contribution in [0.25, 0.3) is 33.3 Å². The van der Waals surface area contributed by atoms with E-state index in [1.807, 2.05) is 12.3 Å². The normalized spacial score (nSPS) is 11.0. The van der Waals surface area contributed by atoms with Crippen LogP contribution in [0.15, 0.2) is 30.6 Å². The molecule has 7 nitrogen and oxygen atoms in total. The molecule has 0 aliphatic heterocycles. The molecule has 0 atom stereocenters. The van der Waals surface area contributed by atoms with E-state index in [1.54, 1.807) is 30.1 Å². The SMILES string of the molecule is COc1c(-c2ncc3nc(Cl)ccc3n2)cc2cn(C)nc2c1C#N. The van der Waals surface area contributed by atoms with Crippen molar-refractivity contribution in [2.75, 3.05) is 7.11 Å². The van der Waals surface area contributed by atoms with E-state index in [1.165, 1.54) is 7.11 Å². The van der Waals surface area contributed by atoms with Crippen LogP contribution in [-0.4, -0.2) is 31.8 Å². The summed E-state index contributed by atoms with van der Waals surface area (Å²) < 4.78 is 7.14. The number of hydrogen-bond acceptors (Lipinski definition) is 6. The quantitative estimate of drug-likeness (QED) is 0.516. The number of benzene rings is 1. The Morgan fingerprint density at radius 3 is 2.84 bits per heavy atom. The van der Waals surface area contributed by atoms with E-state index in [-0.39, 0.29) is 0 Å². The van der Waals surface area contributed by atoms with Crippen molar-refractivity contribution in [3.8, 4) is 23.2 Å². The van der Waals surface area contributed by atoms with Crippen molar-refractivity contribution in [1.82, 2.24) is 24.7 Å². The summed E-state index contributed by atoms with van der Waals surface area (Å²) in [6.07, 6.45) is 3.43. The summed E-state index contributed by atoms with van der Waals surface area (Å²) in [7, 11) is 3.31. The molecule has 0 saturated carbocycles. The zero-order chi connectivity index (χ0) is 17.6. The molecule has 0 bridgehead atoms. The molecule has 122 valence electrons. The number of fused-ring (bicyclic) bond motifs is 2. The van der Waals surface area contributed by atoms with Gasteiger partial charge in [0.2, 0.25) is 0 Å². The number of ether oxygens (including phenoxy) is 1. The lowest BCUT2D eigenvalue weighted by molar-refractivity contribution is 0.415. The fraction of sp³-hybridized carbons (Fsp3) is 0.118. The Hall–Kier alpha value is -3.24. The van der Waals surface area contributed by atoms with E-state index in [0.717, 1.165) is 5.39 Å². The summed E-state index contributed by atoms with van der Waals surface area (Å²) in [6.45, 7) is 0. The second-order valence-electron chi connectivity index (χ2n) is 5.42. The molecule has 4 aromatic rings. The minimum absolute atomic E-state index is 0.355. The summed E-state index contributed by atoms with van der Waals surface area (Å²) >= 11 is 5.90. The molecule has 0 aliphatic carbocycles. The highest BCUT2D eigenvalue weighted by Gasteiger charge is 2.19. The van der Waals surface area contributed by atoms with E-state index >= 15 is 0 Å². The standard InChI is InChI=1S/C17H11ClN6O/c1-24-8-9-5-10(16(25-2)11(6-19)15(9)23-24)17-20-7-13-12(22-17)3-4-14(18)21-13/h3-5,7-8H,1-2H3. The van der Waals surface area contributed by atoms with Crippen molar-refractivity contribution in [3.05, 3.63) is 41.3 Å². The van der Waals surface area contributed by atoms with Gasteiger partial charge in [-0.3, -0.25) is 4.68 Å². The molecule has 3 aromatic heterocycles. The first-order chi connectivity index (χ1) is 12.1. The first kappa shape index (κ1) is 15.3. The zero-order valence-corrected chi connectivity index (χ0v) is 14.1. The van der Waals surface area contributed by atoms with Gasteiger partial charge in [-0.2, -0.15) is 10.4 Å². The highest BCUT2D eigenvalue weighted by Crippen LogP contribution is 2.36. The average molecular weight is 351 g/mol. The predicted octanol–water partition coefficient (Wildman–Crippen LogP) is 3.11. The molecule has 3 heterocycles. The van der Waals surface area contributed by atoms with E-state index in [4.69, 9.17) is 16.3 Å². The second kappa shape index (κ2) is 5.69.